The van der Waals surface area contributed by atoms with Gasteiger partial charge in [-0.3, -0.25) is 4.79 Å². The second-order valence-corrected chi connectivity index (χ2v) is 4.04. The largest absolute Gasteiger partial charge is 0.314 e. The van der Waals surface area contributed by atoms with Gasteiger partial charge in [-0.2, -0.15) is 0 Å². The lowest BCUT2D eigenvalue weighted by atomic mass is 10.1. The van der Waals surface area contributed by atoms with Gasteiger partial charge in [-0.05, 0) is 18.8 Å². The SMILES string of the molecule is CC(C)NCCC(=O)CC1CC1. The lowest BCUT2D eigenvalue weighted by molar-refractivity contribution is -0.119. The highest BCUT2D eigenvalue weighted by Gasteiger charge is 2.23. The van der Waals surface area contributed by atoms with Crippen molar-refractivity contribution in [1.29, 1.82) is 0 Å². The summed E-state index contributed by atoms with van der Waals surface area (Å²) in [5.74, 6) is 1.18. The summed E-state index contributed by atoms with van der Waals surface area (Å²) in [7, 11) is 0. The minimum atomic E-state index is 0.436. The molecule has 2 nitrogen and oxygen atoms in total. The maximum atomic E-state index is 11.2. The van der Waals surface area contributed by atoms with E-state index in [1.807, 2.05) is 0 Å². The van der Waals surface area contributed by atoms with Crippen LogP contribution in [0, 0.1) is 5.92 Å². The van der Waals surface area contributed by atoms with Crippen LogP contribution in [0.3, 0.4) is 0 Å². The number of nitrogens with one attached hydrogen (secondary N) is 1. The Morgan fingerprint density at radius 1 is 1.50 bits per heavy atom. The zero-order valence-electron chi connectivity index (χ0n) is 8.10. The molecule has 1 fully saturated rings. The molecule has 0 atom stereocenters. The first-order valence-corrected chi connectivity index (χ1v) is 4.93. The zero-order chi connectivity index (χ0) is 8.97. The minimum Gasteiger partial charge on any atom is -0.314 e. The van der Waals surface area contributed by atoms with Gasteiger partial charge in [-0.1, -0.05) is 13.8 Å². The summed E-state index contributed by atoms with van der Waals surface area (Å²) in [6, 6.07) is 0.499. The topological polar surface area (TPSA) is 29.1 Å². The maximum absolute atomic E-state index is 11.2. The number of rotatable bonds is 6. The molecule has 0 amide bonds. The molecule has 0 spiro atoms. The Labute approximate surface area is 74.7 Å². The van der Waals surface area contributed by atoms with Crippen LogP contribution in [-0.4, -0.2) is 18.4 Å². The molecule has 0 aliphatic heterocycles. The molecule has 1 aliphatic carbocycles. The number of ketones is 1. The van der Waals surface area contributed by atoms with Crippen LogP contribution in [0.2, 0.25) is 0 Å². The summed E-state index contributed by atoms with van der Waals surface area (Å²) in [5.41, 5.74) is 0. The van der Waals surface area contributed by atoms with E-state index in [4.69, 9.17) is 0 Å². The van der Waals surface area contributed by atoms with E-state index in [-0.39, 0.29) is 0 Å². The Morgan fingerprint density at radius 2 is 2.17 bits per heavy atom. The van der Waals surface area contributed by atoms with Crippen LogP contribution in [0.1, 0.15) is 39.5 Å². The third-order valence-corrected chi connectivity index (χ3v) is 2.17. The summed E-state index contributed by atoms with van der Waals surface area (Å²) in [6.07, 6.45) is 4.11. The van der Waals surface area contributed by atoms with Crippen molar-refractivity contribution in [2.24, 2.45) is 5.92 Å². The Kier molecular flexibility index (Phi) is 3.73. The van der Waals surface area contributed by atoms with Crippen LogP contribution >= 0.6 is 0 Å². The number of carbonyl (C=O) groups excluding carboxylic acids is 1. The van der Waals surface area contributed by atoms with E-state index in [9.17, 15) is 4.79 Å². The molecule has 0 aromatic rings. The first kappa shape index (κ1) is 9.72. The van der Waals surface area contributed by atoms with Crippen LogP contribution in [0.25, 0.3) is 0 Å². The van der Waals surface area contributed by atoms with Gasteiger partial charge in [0.05, 0.1) is 0 Å². The first-order chi connectivity index (χ1) is 5.68. The lowest BCUT2D eigenvalue weighted by Crippen LogP contribution is -2.25. The van der Waals surface area contributed by atoms with Crippen LogP contribution in [0.15, 0.2) is 0 Å². The summed E-state index contributed by atoms with van der Waals surface area (Å²) in [4.78, 5) is 11.2. The number of carbonyl (C=O) groups is 1. The lowest BCUT2D eigenvalue weighted by Gasteiger charge is -2.06. The van der Waals surface area contributed by atoms with E-state index in [0.717, 1.165) is 18.9 Å². The third kappa shape index (κ3) is 4.50. The molecular formula is C10H19NO. The average Bonchev–Trinajstić information content (AvgIpc) is 2.70. The molecule has 1 saturated carbocycles. The molecule has 2 heteroatoms. The van der Waals surface area contributed by atoms with Gasteiger partial charge in [0, 0.05) is 25.4 Å². The van der Waals surface area contributed by atoms with Gasteiger partial charge in [0.15, 0.2) is 0 Å². The highest BCUT2D eigenvalue weighted by atomic mass is 16.1. The standard InChI is InChI=1S/C10H19NO/c1-8(2)11-6-5-10(12)7-9-3-4-9/h8-9,11H,3-7H2,1-2H3. The van der Waals surface area contributed by atoms with Gasteiger partial charge >= 0.3 is 0 Å². The average molecular weight is 169 g/mol. The van der Waals surface area contributed by atoms with Crippen LogP contribution in [-0.2, 0) is 4.79 Å². The Balaban J connectivity index is 1.94. The molecule has 0 aromatic heterocycles. The maximum Gasteiger partial charge on any atom is 0.134 e. The molecule has 1 N–H and O–H groups in total. The minimum absolute atomic E-state index is 0.436. The summed E-state index contributed by atoms with van der Waals surface area (Å²) < 4.78 is 0. The van der Waals surface area contributed by atoms with Crippen LogP contribution in [0.5, 0.6) is 0 Å². The van der Waals surface area contributed by atoms with E-state index >= 15 is 0 Å². The van der Waals surface area contributed by atoms with E-state index in [0.29, 0.717) is 18.2 Å². The van der Waals surface area contributed by atoms with Gasteiger partial charge in [-0.25, -0.2) is 0 Å². The fourth-order valence-corrected chi connectivity index (χ4v) is 1.25. The van der Waals surface area contributed by atoms with E-state index in [1.54, 1.807) is 0 Å². The molecule has 0 saturated heterocycles. The quantitative estimate of drug-likeness (QED) is 0.656. The first-order valence-electron chi connectivity index (χ1n) is 4.93. The van der Waals surface area contributed by atoms with Crippen molar-refractivity contribution in [3.05, 3.63) is 0 Å². The summed E-state index contributed by atoms with van der Waals surface area (Å²) >= 11 is 0. The Bertz CT molecular complexity index is 150. The smallest absolute Gasteiger partial charge is 0.134 e. The molecular weight excluding hydrogens is 150 g/mol. The van der Waals surface area contributed by atoms with E-state index in [2.05, 4.69) is 19.2 Å². The van der Waals surface area contributed by atoms with Gasteiger partial charge in [-0.15, -0.1) is 0 Å². The highest BCUT2D eigenvalue weighted by molar-refractivity contribution is 5.79. The van der Waals surface area contributed by atoms with Gasteiger partial charge < -0.3 is 5.32 Å². The van der Waals surface area contributed by atoms with Crippen molar-refractivity contribution in [2.45, 2.75) is 45.6 Å². The Hall–Kier alpha value is -0.370. The van der Waals surface area contributed by atoms with Crippen molar-refractivity contribution < 1.29 is 4.79 Å². The van der Waals surface area contributed by atoms with Crippen molar-refractivity contribution in [3.63, 3.8) is 0 Å². The second-order valence-electron chi connectivity index (χ2n) is 4.04. The molecule has 12 heavy (non-hydrogen) atoms. The van der Waals surface area contributed by atoms with Gasteiger partial charge in [0.25, 0.3) is 0 Å². The number of hydrogen-bond acceptors (Lipinski definition) is 2. The van der Waals surface area contributed by atoms with Gasteiger partial charge in [0.1, 0.15) is 5.78 Å². The molecule has 0 bridgehead atoms. The van der Waals surface area contributed by atoms with Gasteiger partial charge in [0.2, 0.25) is 0 Å². The molecule has 0 unspecified atom stereocenters. The molecule has 0 aromatic carbocycles. The summed E-state index contributed by atoms with van der Waals surface area (Å²) in [5, 5.41) is 3.25. The van der Waals surface area contributed by atoms with Crippen molar-refractivity contribution in [2.75, 3.05) is 6.54 Å². The number of hydrogen-bond donors (Lipinski definition) is 1. The predicted molar refractivity (Wildman–Crippen MR) is 50.1 cm³/mol. The van der Waals surface area contributed by atoms with Crippen molar-refractivity contribution in [1.82, 2.24) is 5.32 Å². The van der Waals surface area contributed by atoms with E-state index < -0.39 is 0 Å². The highest BCUT2D eigenvalue weighted by Crippen LogP contribution is 2.32. The fourth-order valence-electron chi connectivity index (χ4n) is 1.25. The molecule has 0 heterocycles. The Morgan fingerprint density at radius 3 is 2.67 bits per heavy atom. The van der Waals surface area contributed by atoms with E-state index in [1.165, 1.54) is 12.8 Å². The van der Waals surface area contributed by atoms with Crippen LogP contribution < -0.4 is 5.32 Å². The monoisotopic (exact) mass is 169 g/mol. The molecule has 1 rings (SSSR count). The van der Waals surface area contributed by atoms with Crippen molar-refractivity contribution >= 4 is 5.78 Å². The normalized spacial score (nSPS) is 16.9. The molecule has 70 valence electrons. The zero-order valence-corrected chi connectivity index (χ0v) is 8.10. The molecule has 0 radical (unpaired) electrons. The van der Waals surface area contributed by atoms with Crippen LogP contribution in [0.4, 0.5) is 0 Å². The fraction of sp³-hybridized carbons (Fsp3) is 0.900. The third-order valence-electron chi connectivity index (χ3n) is 2.17. The second kappa shape index (κ2) is 4.61. The number of Topliss-reactive ketones (excluding diaryl/α,β-unsaturated/α-hetero) is 1. The predicted octanol–water partition coefficient (Wildman–Crippen LogP) is 1.74. The molecule has 1 aliphatic rings. The summed E-state index contributed by atoms with van der Waals surface area (Å²) in [6.45, 7) is 5.06. The van der Waals surface area contributed by atoms with Crippen molar-refractivity contribution in [3.8, 4) is 0 Å².